The van der Waals surface area contributed by atoms with E-state index in [9.17, 15) is 8.42 Å². The van der Waals surface area contributed by atoms with Gasteiger partial charge in [0, 0.05) is 29.9 Å². The van der Waals surface area contributed by atoms with Gasteiger partial charge in [0.05, 0.1) is 4.90 Å². The van der Waals surface area contributed by atoms with Crippen molar-refractivity contribution in [1.29, 1.82) is 0 Å². The largest absolute Gasteiger partial charge is 0.315 e. The lowest BCUT2D eigenvalue weighted by Gasteiger charge is -2.07. The fraction of sp³-hybridized carbons (Fsp3) is 0.308. The summed E-state index contributed by atoms with van der Waals surface area (Å²) in [5.74, 6) is 0. The lowest BCUT2D eigenvalue weighted by molar-refractivity contribution is 0.580. The second-order valence-corrected chi connectivity index (χ2v) is 7.11. The Labute approximate surface area is 123 Å². The summed E-state index contributed by atoms with van der Waals surface area (Å²) in [6.45, 7) is 2.67. The van der Waals surface area contributed by atoms with Gasteiger partial charge < -0.3 is 5.32 Å². The summed E-state index contributed by atoms with van der Waals surface area (Å²) >= 11 is 1.43. The molecule has 0 aliphatic rings. The summed E-state index contributed by atoms with van der Waals surface area (Å²) < 4.78 is 27.2. The highest BCUT2D eigenvalue weighted by molar-refractivity contribution is 7.89. The van der Waals surface area contributed by atoms with Gasteiger partial charge in [-0.25, -0.2) is 13.1 Å². The molecule has 2 heterocycles. The van der Waals surface area contributed by atoms with Gasteiger partial charge in [0.25, 0.3) is 0 Å². The molecule has 2 N–H and O–H groups in total. The Balaban J connectivity index is 2.11. The zero-order valence-electron chi connectivity index (χ0n) is 11.4. The maximum Gasteiger partial charge on any atom is 0.242 e. The molecular formula is C13H17N3O2S2. The average Bonchev–Trinajstić information content (AvgIpc) is 2.88. The number of thiophene rings is 1. The topological polar surface area (TPSA) is 71.1 Å². The zero-order valence-corrected chi connectivity index (χ0v) is 13.0. The fourth-order valence-corrected chi connectivity index (χ4v) is 4.19. The second-order valence-electron chi connectivity index (χ2n) is 4.37. The van der Waals surface area contributed by atoms with E-state index in [1.807, 2.05) is 19.1 Å². The van der Waals surface area contributed by atoms with Crippen LogP contribution in [0.4, 0.5) is 0 Å². The number of aryl methyl sites for hydroxylation is 1. The minimum atomic E-state index is -3.49. The molecule has 0 saturated heterocycles. The molecule has 0 bridgehead atoms. The molecule has 0 aliphatic carbocycles. The normalized spacial score (nSPS) is 11.7. The van der Waals surface area contributed by atoms with Crippen molar-refractivity contribution in [3.63, 3.8) is 0 Å². The van der Waals surface area contributed by atoms with Crippen molar-refractivity contribution >= 4 is 21.4 Å². The van der Waals surface area contributed by atoms with Gasteiger partial charge in [-0.15, -0.1) is 11.3 Å². The maximum absolute atomic E-state index is 12.3. The molecule has 2 aromatic rings. The summed E-state index contributed by atoms with van der Waals surface area (Å²) in [4.78, 5) is 5.30. The molecule has 7 heteroatoms. The first-order valence-corrected chi connectivity index (χ1v) is 8.51. The summed E-state index contributed by atoms with van der Waals surface area (Å²) in [6, 6.07) is 5.36. The first kappa shape index (κ1) is 15.1. The number of hydrogen-bond donors (Lipinski definition) is 2. The molecule has 0 amide bonds. The summed E-state index contributed by atoms with van der Waals surface area (Å²) in [6.07, 6.45) is 1.68. The molecule has 0 fully saturated rings. The highest BCUT2D eigenvalue weighted by Crippen LogP contribution is 2.21. The van der Waals surface area contributed by atoms with Crippen molar-refractivity contribution < 1.29 is 8.42 Å². The Morgan fingerprint density at radius 3 is 2.70 bits per heavy atom. The summed E-state index contributed by atoms with van der Waals surface area (Å²) in [5.41, 5.74) is 1.75. The second kappa shape index (κ2) is 6.45. The van der Waals surface area contributed by atoms with Gasteiger partial charge in [0.1, 0.15) is 0 Å². The van der Waals surface area contributed by atoms with Gasteiger partial charge in [-0.1, -0.05) is 6.07 Å². The highest BCUT2D eigenvalue weighted by atomic mass is 32.2. The molecule has 2 rings (SSSR count). The summed E-state index contributed by atoms with van der Waals surface area (Å²) in [5, 5.41) is 4.76. The molecule has 0 aliphatic heterocycles. The molecule has 0 spiro atoms. The Morgan fingerprint density at radius 2 is 2.05 bits per heavy atom. The first-order chi connectivity index (χ1) is 9.53. The van der Waals surface area contributed by atoms with Crippen molar-refractivity contribution in [3.8, 4) is 0 Å². The van der Waals surface area contributed by atoms with Crippen LogP contribution in [0.1, 0.15) is 16.1 Å². The van der Waals surface area contributed by atoms with Crippen molar-refractivity contribution in [1.82, 2.24) is 15.0 Å². The lowest BCUT2D eigenvalue weighted by atomic mass is 10.2. The van der Waals surface area contributed by atoms with Crippen LogP contribution in [0.3, 0.4) is 0 Å². The van der Waals surface area contributed by atoms with E-state index in [4.69, 9.17) is 0 Å². The summed E-state index contributed by atoms with van der Waals surface area (Å²) in [7, 11) is -1.69. The van der Waals surface area contributed by atoms with Crippen LogP contribution in [-0.2, 0) is 23.1 Å². The van der Waals surface area contributed by atoms with Crippen molar-refractivity contribution in [2.75, 3.05) is 7.05 Å². The highest BCUT2D eigenvalue weighted by Gasteiger charge is 2.18. The van der Waals surface area contributed by atoms with Crippen molar-refractivity contribution in [2.24, 2.45) is 0 Å². The molecular weight excluding hydrogens is 294 g/mol. The molecule has 0 atom stereocenters. The molecule has 20 heavy (non-hydrogen) atoms. The van der Waals surface area contributed by atoms with Gasteiger partial charge in [-0.05, 0) is 37.0 Å². The van der Waals surface area contributed by atoms with Crippen LogP contribution in [0, 0.1) is 6.92 Å². The SMILES string of the molecule is CNCc1sccc1S(=O)(=O)NCc1ccc(C)nc1. The standard InChI is InChI=1S/C13H17N3O2S2/c1-10-3-4-11(7-15-10)8-16-20(17,18)13-5-6-19-12(13)9-14-2/h3-7,14,16H,8-9H2,1-2H3. The third-order valence-electron chi connectivity index (χ3n) is 2.77. The molecule has 5 nitrogen and oxygen atoms in total. The predicted molar refractivity (Wildman–Crippen MR) is 80.1 cm³/mol. The Hall–Kier alpha value is -1.28. The maximum atomic E-state index is 12.3. The Kier molecular flexibility index (Phi) is 4.87. The third kappa shape index (κ3) is 3.63. The fourth-order valence-electron chi connectivity index (χ4n) is 1.72. The number of pyridine rings is 1. The van der Waals surface area contributed by atoms with E-state index in [-0.39, 0.29) is 6.54 Å². The number of rotatable bonds is 6. The van der Waals surface area contributed by atoms with Gasteiger partial charge >= 0.3 is 0 Å². The minimum Gasteiger partial charge on any atom is -0.315 e. The average molecular weight is 311 g/mol. The molecule has 0 radical (unpaired) electrons. The zero-order chi connectivity index (χ0) is 14.6. The van der Waals surface area contributed by atoms with E-state index in [1.54, 1.807) is 24.7 Å². The first-order valence-electron chi connectivity index (χ1n) is 6.15. The number of nitrogens with zero attached hydrogens (tertiary/aromatic N) is 1. The Morgan fingerprint density at radius 1 is 1.25 bits per heavy atom. The molecule has 2 aromatic heterocycles. The van der Waals surface area contributed by atoms with Crippen LogP contribution in [0.15, 0.2) is 34.7 Å². The van der Waals surface area contributed by atoms with Gasteiger partial charge in [0.2, 0.25) is 10.0 Å². The number of aromatic nitrogens is 1. The monoisotopic (exact) mass is 311 g/mol. The number of sulfonamides is 1. The van der Waals surface area contributed by atoms with Gasteiger partial charge in [-0.3, -0.25) is 4.98 Å². The minimum absolute atomic E-state index is 0.241. The van der Waals surface area contributed by atoms with E-state index in [0.29, 0.717) is 11.4 Å². The molecule has 108 valence electrons. The van der Waals surface area contributed by atoms with Crippen LogP contribution in [-0.4, -0.2) is 20.4 Å². The molecule has 0 unspecified atom stereocenters. The van der Waals surface area contributed by atoms with Crippen LogP contribution >= 0.6 is 11.3 Å². The van der Waals surface area contributed by atoms with Crippen molar-refractivity contribution in [3.05, 3.63) is 45.9 Å². The molecule has 0 aromatic carbocycles. The lowest BCUT2D eigenvalue weighted by Crippen LogP contribution is -2.24. The molecule has 0 saturated carbocycles. The van der Waals surface area contributed by atoms with Gasteiger partial charge in [-0.2, -0.15) is 0 Å². The van der Waals surface area contributed by atoms with Crippen molar-refractivity contribution in [2.45, 2.75) is 24.9 Å². The van der Waals surface area contributed by atoms with E-state index in [2.05, 4.69) is 15.0 Å². The van der Waals surface area contributed by atoms with E-state index in [1.165, 1.54) is 11.3 Å². The number of nitrogens with one attached hydrogen (secondary N) is 2. The van der Waals surface area contributed by atoms with Crippen LogP contribution in [0.5, 0.6) is 0 Å². The van der Waals surface area contributed by atoms with Gasteiger partial charge in [0.15, 0.2) is 0 Å². The predicted octanol–water partition coefficient (Wildman–Crippen LogP) is 1.65. The smallest absolute Gasteiger partial charge is 0.242 e. The number of hydrogen-bond acceptors (Lipinski definition) is 5. The van der Waals surface area contributed by atoms with E-state index < -0.39 is 10.0 Å². The third-order valence-corrected chi connectivity index (χ3v) is 5.31. The van der Waals surface area contributed by atoms with E-state index >= 15 is 0 Å². The van der Waals surface area contributed by atoms with Crippen LogP contribution in [0.25, 0.3) is 0 Å². The quantitative estimate of drug-likeness (QED) is 0.851. The van der Waals surface area contributed by atoms with E-state index in [0.717, 1.165) is 16.1 Å². The van der Waals surface area contributed by atoms with Crippen LogP contribution in [0.2, 0.25) is 0 Å². The van der Waals surface area contributed by atoms with Crippen LogP contribution < -0.4 is 10.0 Å². The Bertz CT molecular complexity index is 663.